The van der Waals surface area contributed by atoms with E-state index in [4.69, 9.17) is 5.26 Å². The maximum absolute atomic E-state index is 8.37. The molecule has 1 aliphatic rings. The minimum absolute atomic E-state index is 0.363. The molecule has 0 fully saturated rings. The first kappa shape index (κ1) is 6.03. The fraction of sp³-hybridized carbons (Fsp3) is 0.429. The number of dihydropyridines is 1. The number of hydrogen-bond donors (Lipinski definition) is 0. The van der Waals surface area contributed by atoms with E-state index in [1.807, 2.05) is 19.1 Å². The molecule has 1 atom stereocenters. The fourth-order valence-corrected chi connectivity index (χ4v) is 0.693. The highest BCUT2D eigenvalue weighted by atomic mass is 14.8. The van der Waals surface area contributed by atoms with Crippen molar-refractivity contribution in [1.29, 1.82) is 5.26 Å². The molecule has 0 saturated carbocycles. The number of nitrogens with zero attached hydrogens (tertiary/aromatic N) is 2. The highest BCUT2D eigenvalue weighted by molar-refractivity contribution is 5.84. The summed E-state index contributed by atoms with van der Waals surface area (Å²) >= 11 is 0. The first-order valence-electron chi connectivity index (χ1n) is 2.96. The monoisotopic (exact) mass is 120 g/mol. The molecule has 0 saturated heterocycles. The van der Waals surface area contributed by atoms with Crippen LogP contribution in [-0.4, -0.2) is 12.3 Å². The molecule has 0 spiro atoms. The van der Waals surface area contributed by atoms with E-state index in [0.29, 0.717) is 11.6 Å². The first-order chi connectivity index (χ1) is 4.33. The highest BCUT2D eigenvalue weighted by Crippen LogP contribution is 2.06. The quantitative estimate of drug-likeness (QED) is 0.474. The zero-order chi connectivity index (χ0) is 6.69. The van der Waals surface area contributed by atoms with E-state index in [-0.39, 0.29) is 0 Å². The van der Waals surface area contributed by atoms with E-state index in [1.54, 1.807) is 6.21 Å². The largest absolute Gasteiger partial charge is 0.288 e. The third-order valence-corrected chi connectivity index (χ3v) is 1.28. The van der Waals surface area contributed by atoms with Gasteiger partial charge in [-0.25, -0.2) is 0 Å². The Morgan fingerprint density at radius 1 is 1.89 bits per heavy atom. The fourth-order valence-electron chi connectivity index (χ4n) is 0.693. The number of hydrogen-bond acceptors (Lipinski definition) is 2. The summed E-state index contributed by atoms with van der Waals surface area (Å²) in [5, 5.41) is 8.37. The Hall–Kier alpha value is -1.10. The molecule has 1 heterocycles. The molecule has 0 N–H and O–H groups in total. The maximum Gasteiger partial charge on any atom is 0.100 e. The summed E-state index contributed by atoms with van der Waals surface area (Å²) in [6, 6.07) is 2.40. The van der Waals surface area contributed by atoms with Gasteiger partial charge in [-0.3, -0.25) is 4.99 Å². The second-order valence-corrected chi connectivity index (χ2v) is 2.13. The van der Waals surface area contributed by atoms with E-state index in [2.05, 4.69) is 4.99 Å². The Morgan fingerprint density at radius 2 is 2.67 bits per heavy atom. The lowest BCUT2D eigenvalue weighted by molar-refractivity contribution is 0.754. The summed E-state index contributed by atoms with van der Waals surface area (Å²) < 4.78 is 0. The van der Waals surface area contributed by atoms with Gasteiger partial charge in [-0.1, -0.05) is 6.08 Å². The van der Waals surface area contributed by atoms with Crippen molar-refractivity contribution >= 4 is 6.21 Å². The van der Waals surface area contributed by atoms with Crippen molar-refractivity contribution < 1.29 is 0 Å². The lowest BCUT2D eigenvalue weighted by Crippen LogP contribution is -2.02. The molecule has 0 aromatic heterocycles. The van der Waals surface area contributed by atoms with Gasteiger partial charge in [-0.2, -0.15) is 5.26 Å². The van der Waals surface area contributed by atoms with Gasteiger partial charge in [0.25, 0.3) is 0 Å². The van der Waals surface area contributed by atoms with Crippen LogP contribution in [0.15, 0.2) is 16.6 Å². The molecule has 2 nitrogen and oxygen atoms in total. The molecule has 0 aliphatic carbocycles. The van der Waals surface area contributed by atoms with Crippen LogP contribution in [-0.2, 0) is 0 Å². The molecule has 0 amide bonds. The summed E-state index contributed by atoms with van der Waals surface area (Å²) in [5.74, 6) is 0. The minimum atomic E-state index is 0.363. The molecule has 1 rings (SSSR count). The topological polar surface area (TPSA) is 36.1 Å². The number of allylic oxidation sites excluding steroid dienone is 1. The summed E-state index contributed by atoms with van der Waals surface area (Å²) in [4.78, 5) is 4.07. The van der Waals surface area contributed by atoms with Crippen LogP contribution < -0.4 is 0 Å². The van der Waals surface area contributed by atoms with Crippen LogP contribution in [0.5, 0.6) is 0 Å². The molecule has 1 aliphatic heterocycles. The molecule has 0 radical (unpaired) electrons. The van der Waals surface area contributed by atoms with Crippen LogP contribution in [0.3, 0.4) is 0 Å². The number of rotatable bonds is 0. The average molecular weight is 120 g/mol. The second kappa shape index (κ2) is 2.45. The van der Waals surface area contributed by atoms with Crippen molar-refractivity contribution in [2.24, 2.45) is 4.99 Å². The molecule has 1 unspecified atom stereocenters. The Labute approximate surface area is 54.5 Å². The second-order valence-electron chi connectivity index (χ2n) is 2.13. The van der Waals surface area contributed by atoms with Gasteiger partial charge in [0.1, 0.15) is 6.07 Å². The van der Waals surface area contributed by atoms with Crippen LogP contribution in [0.25, 0.3) is 0 Å². The van der Waals surface area contributed by atoms with Gasteiger partial charge in [0.15, 0.2) is 0 Å². The van der Waals surface area contributed by atoms with Gasteiger partial charge in [-0.05, 0) is 13.3 Å². The Morgan fingerprint density at radius 3 is 3.11 bits per heavy atom. The molecular weight excluding hydrogens is 112 g/mol. The summed E-state index contributed by atoms with van der Waals surface area (Å²) in [7, 11) is 0. The molecule has 46 valence electrons. The SMILES string of the molecule is CC1CC=C(C#N)C=N1. The van der Waals surface area contributed by atoms with E-state index in [1.165, 1.54) is 0 Å². The Balaban J connectivity index is 2.66. The third-order valence-electron chi connectivity index (χ3n) is 1.28. The lowest BCUT2D eigenvalue weighted by Gasteiger charge is -2.05. The molecule has 2 heteroatoms. The van der Waals surface area contributed by atoms with Crippen LogP contribution >= 0.6 is 0 Å². The zero-order valence-corrected chi connectivity index (χ0v) is 5.33. The summed E-state index contributed by atoms with van der Waals surface area (Å²) in [6.45, 7) is 2.03. The molecule has 0 aromatic carbocycles. The van der Waals surface area contributed by atoms with E-state index >= 15 is 0 Å². The van der Waals surface area contributed by atoms with Crippen molar-refractivity contribution in [3.63, 3.8) is 0 Å². The van der Waals surface area contributed by atoms with Crippen molar-refractivity contribution in [2.75, 3.05) is 0 Å². The maximum atomic E-state index is 8.37. The van der Waals surface area contributed by atoms with E-state index < -0.39 is 0 Å². The van der Waals surface area contributed by atoms with Gasteiger partial charge in [0.2, 0.25) is 0 Å². The lowest BCUT2D eigenvalue weighted by atomic mass is 10.1. The number of nitriles is 1. The van der Waals surface area contributed by atoms with Gasteiger partial charge < -0.3 is 0 Å². The summed E-state index contributed by atoms with van der Waals surface area (Å²) in [5.41, 5.74) is 0.688. The van der Waals surface area contributed by atoms with Gasteiger partial charge in [-0.15, -0.1) is 0 Å². The molecule has 0 bridgehead atoms. The Kier molecular flexibility index (Phi) is 1.64. The third kappa shape index (κ3) is 1.39. The smallest absolute Gasteiger partial charge is 0.100 e. The van der Waals surface area contributed by atoms with Crippen LogP contribution in [0.4, 0.5) is 0 Å². The molecule has 9 heavy (non-hydrogen) atoms. The van der Waals surface area contributed by atoms with E-state index in [0.717, 1.165) is 6.42 Å². The highest BCUT2D eigenvalue weighted by Gasteiger charge is 2.01. The minimum Gasteiger partial charge on any atom is -0.288 e. The molecule has 0 aromatic rings. The zero-order valence-electron chi connectivity index (χ0n) is 5.33. The van der Waals surface area contributed by atoms with E-state index in [9.17, 15) is 0 Å². The first-order valence-corrected chi connectivity index (χ1v) is 2.96. The van der Waals surface area contributed by atoms with Crippen molar-refractivity contribution in [1.82, 2.24) is 0 Å². The average Bonchev–Trinajstić information content (AvgIpc) is 1.90. The van der Waals surface area contributed by atoms with Crippen LogP contribution in [0.2, 0.25) is 0 Å². The van der Waals surface area contributed by atoms with Crippen molar-refractivity contribution in [2.45, 2.75) is 19.4 Å². The predicted molar refractivity (Wildman–Crippen MR) is 36.3 cm³/mol. The van der Waals surface area contributed by atoms with Crippen LogP contribution in [0, 0.1) is 11.3 Å². The standard InChI is InChI=1S/C7H8N2/c1-6-2-3-7(4-8)5-9-6/h3,5-6H,2H2,1H3. The van der Waals surface area contributed by atoms with Gasteiger partial charge >= 0.3 is 0 Å². The Bertz CT molecular complexity index is 195. The van der Waals surface area contributed by atoms with Crippen molar-refractivity contribution in [3.05, 3.63) is 11.6 Å². The summed E-state index contributed by atoms with van der Waals surface area (Å²) in [6.07, 6.45) is 4.45. The van der Waals surface area contributed by atoms with Crippen molar-refractivity contribution in [3.8, 4) is 6.07 Å². The van der Waals surface area contributed by atoms with Gasteiger partial charge in [0.05, 0.1) is 11.6 Å². The molecular formula is C7H8N2. The van der Waals surface area contributed by atoms with Crippen LogP contribution in [0.1, 0.15) is 13.3 Å². The van der Waals surface area contributed by atoms with Gasteiger partial charge in [0, 0.05) is 6.21 Å². The normalized spacial score (nSPS) is 24.9. The number of aliphatic imine (C=N–C) groups is 1. The predicted octanol–water partition coefficient (Wildman–Crippen LogP) is 1.30.